The quantitative estimate of drug-likeness (QED) is 0.257. The molecule has 0 atom stereocenters. The third-order valence-electron chi connectivity index (χ3n) is 6.92. The molecule has 5 aromatic rings. The number of hydrogen-bond acceptors (Lipinski definition) is 2. The Hall–Kier alpha value is -3.46. The monoisotopic (exact) mass is 457 g/mol. The smallest absolute Gasteiger partial charge is 0.216 e. The SMILES string of the molecule is [2H]C([2H])([2H])c1c[n+](C)c(-c2c(C)ccc3c2oc2c4c(ccc23)C(C([2H])([2H])[2H])(C([2H])([2H])[2H])c2ncccc2-4)cc1C([2H])(C)C. The van der Waals surface area contributed by atoms with Gasteiger partial charge in [-0.25, -0.2) is 4.57 Å². The van der Waals surface area contributed by atoms with Crippen LogP contribution < -0.4 is 4.57 Å². The topological polar surface area (TPSA) is 29.9 Å². The minimum Gasteiger partial charge on any atom is -0.454 e. The van der Waals surface area contributed by atoms with Crippen LogP contribution in [0.2, 0.25) is 0 Å². The molecule has 0 saturated carbocycles. The van der Waals surface area contributed by atoms with Crippen LogP contribution in [0.15, 0.2) is 59.3 Å². The van der Waals surface area contributed by atoms with Gasteiger partial charge in [0.1, 0.15) is 18.2 Å². The Morgan fingerprint density at radius 1 is 1.03 bits per heavy atom. The molecule has 3 aromatic heterocycles. The number of fused-ring (bicyclic) bond motifs is 7. The predicted molar refractivity (Wildman–Crippen MR) is 139 cm³/mol. The molecule has 6 rings (SSSR count). The van der Waals surface area contributed by atoms with E-state index in [0.29, 0.717) is 44.5 Å². The van der Waals surface area contributed by atoms with Gasteiger partial charge in [0, 0.05) is 58.8 Å². The lowest BCUT2D eigenvalue weighted by atomic mass is 9.85. The summed E-state index contributed by atoms with van der Waals surface area (Å²) in [4.78, 5) is 4.34. The van der Waals surface area contributed by atoms with Crippen molar-refractivity contribution in [2.24, 2.45) is 7.05 Å². The molecule has 0 amide bonds. The normalized spacial score (nSPS) is 20.0. The summed E-state index contributed by atoms with van der Waals surface area (Å²) in [7, 11) is 1.74. The van der Waals surface area contributed by atoms with Crippen LogP contribution in [0.4, 0.5) is 0 Å². The van der Waals surface area contributed by atoms with Gasteiger partial charge in [-0.3, -0.25) is 4.98 Å². The molecule has 3 nitrogen and oxygen atoms in total. The molecule has 1 aliphatic rings. The van der Waals surface area contributed by atoms with Crippen molar-refractivity contribution in [1.82, 2.24) is 4.98 Å². The summed E-state index contributed by atoms with van der Waals surface area (Å²) in [5.41, 5.74) is 1.91. The number of aromatic nitrogens is 2. The third kappa shape index (κ3) is 2.70. The van der Waals surface area contributed by atoms with Gasteiger partial charge in [0.2, 0.25) is 5.69 Å². The number of benzene rings is 2. The van der Waals surface area contributed by atoms with Crippen molar-refractivity contribution in [1.29, 1.82) is 0 Å². The highest BCUT2D eigenvalue weighted by atomic mass is 16.3. The predicted octanol–water partition coefficient (Wildman–Crippen LogP) is 7.52. The molecule has 3 heteroatoms. The van der Waals surface area contributed by atoms with Gasteiger partial charge in [0.05, 0.1) is 11.3 Å². The van der Waals surface area contributed by atoms with Crippen LogP contribution >= 0.6 is 0 Å². The third-order valence-corrected chi connectivity index (χ3v) is 6.92. The number of hydrogen-bond donors (Lipinski definition) is 0. The zero-order valence-corrected chi connectivity index (χ0v) is 19.5. The summed E-state index contributed by atoms with van der Waals surface area (Å²) in [6, 6.07) is 12.1. The fourth-order valence-electron chi connectivity index (χ4n) is 5.24. The van der Waals surface area contributed by atoms with Crippen LogP contribution in [0, 0.1) is 13.8 Å². The second kappa shape index (κ2) is 7.02. The van der Waals surface area contributed by atoms with E-state index >= 15 is 0 Å². The van der Waals surface area contributed by atoms with E-state index < -0.39 is 31.9 Å². The average molecular weight is 458 g/mol. The molecule has 1 aliphatic carbocycles. The van der Waals surface area contributed by atoms with Gasteiger partial charge >= 0.3 is 0 Å². The van der Waals surface area contributed by atoms with Gasteiger partial charge in [-0.15, -0.1) is 0 Å². The molecule has 0 aliphatic heterocycles. The maximum absolute atomic E-state index is 8.74. The molecule has 0 saturated heterocycles. The molecule has 0 spiro atoms. The van der Waals surface area contributed by atoms with E-state index in [1.807, 2.05) is 19.1 Å². The van der Waals surface area contributed by atoms with Gasteiger partial charge in [-0.1, -0.05) is 57.9 Å². The highest BCUT2D eigenvalue weighted by Crippen LogP contribution is 2.52. The first kappa shape index (κ1) is 12.9. The number of pyridine rings is 2. The van der Waals surface area contributed by atoms with E-state index in [-0.39, 0.29) is 16.8 Å². The number of rotatable bonds is 2. The van der Waals surface area contributed by atoms with Crippen molar-refractivity contribution in [3.63, 3.8) is 0 Å². The molecule has 0 unspecified atom stereocenters. The molecular formula is C31H31N2O+. The van der Waals surface area contributed by atoms with Crippen molar-refractivity contribution in [3.05, 3.63) is 82.8 Å². The maximum Gasteiger partial charge on any atom is 0.216 e. The Labute approximate surface area is 215 Å². The van der Waals surface area contributed by atoms with E-state index in [9.17, 15) is 0 Å². The number of furan rings is 1. The van der Waals surface area contributed by atoms with Crippen LogP contribution in [0.1, 0.15) is 75.1 Å². The lowest BCUT2D eigenvalue weighted by Crippen LogP contribution is -2.32. The second-order valence-electron chi connectivity index (χ2n) is 9.35. The molecule has 2 aromatic carbocycles. The molecule has 0 radical (unpaired) electrons. The van der Waals surface area contributed by atoms with Gasteiger partial charge in [0.15, 0.2) is 6.20 Å². The molecular weight excluding hydrogens is 416 g/mol. The van der Waals surface area contributed by atoms with E-state index in [0.717, 1.165) is 10.9 Å². The summed E-state index contributed by atoms with van der Waals surface area (Å²) < 4.78 is 92.3. The lowest BCUT2D eigenvalue weighted by molar-refractivity contribution is -0.660. The summed E-state index contributed by atoms with van der Waals surface area (Å²) in [5, 5.41) is 1.39. The Bertz CT molecular complexity index is 1980. The van der Waals surface area contributed by atoms with E-state index in [1.54, 1.807) is 55.8 Å². The summed E-state index contributed by atoms with van der Waals surface area (Å²) in [6.07, 6.45) is 2.94. The second-order valence-corrected chi connectivity index (χ2v) is 9.35. The van der Waals surface area contributed by atoms with Crippen LogP contribution in [-0.4, -0.2) is 4.98 Å². The van der Waals surface area contributed by atoms with Crippen LogP contribution in [0.3, 0.4) is 0 Å². The van der Waals surface area contributed by atoms with Crippen LogP contribution in [0.5, 0.6) is 0 Å². The van der Waals surface area contributed by atoms with E-state index in [4.69, 9.17) is 18.1 Å². The van der Waals surface area contributed by atoms with Gasteiger partial charge in [-0.2, -0.15) is 0 Å². The molecule has 0 fully saturated rings. The van der Waals surface area contributed by atoms with Crippen molar-refractivity contribution in [2.75, 3.05) is 0 Å². The molecule has 3 heterocycles. The molecule has 34 heavy (non-hydrogen) atoms. The van der Waals surface area contributed by atoms with Crippen molar-refractivity contribution in [3.8, 4) is 22.4 Å². The zero-order chi connectivity index (χ0) is 32.4. The lowest BCUT2D eigenvalue weighted by Gasteiger charge is -2.19. The van der Waals surface area contributed by atoms with E-state index in [2.05, 4.69) is 4.98 Å². The zero-order valence-electron chi connectivity index (χ0n) is 29.5. The van der Waals surface area contributed by atoms with Crippen molar-refractivity contribution >= 4 is 21.9 Å². The fourth-order valence-corrected chi connectivity index (χ4v) is 5.24. The molecule has 170 valence electrons. The van der Waals surface area contributed by atoms with E-state index in [1.165, 1.54) is 12.4 Å². The minimum atomic E-state index is -2.95. The Balaban J connectivity index is 1.74. The van der Waals surface area contributed by atoms with Crippen LogP contribution in [-0.2, 0) is 12.5 Å². The summed E-state index contributed by atoms with van der Waals surface area (Å²) >= 11 is 0. The average Bonchev–Trinajstić information content (AvgIpc) is 3.41. The number of nitrogens with zero attached hydrogens (tertiary/aromatic N) is 2. The summed E-state index contributed by atoms with van der Waals surface area (Å²) in [5.74, 6) is -1.21. The van der Waals surface area contributed by atoms with Gasteiger partial charge in [0.25, 0.3) is 0 Å². The van der Waals surface area contributed by atoms with Crippen molar-refractivity contribution < 1.29 is 22.7 Å². The Morgan fingerprint density at radius 3 is 2.53 bits per heavy atom. The highest BCUT2D eigenvalue weighted by molar-refractivity contribution is 6.14. The number of aryl methyl sites for hydroxylation is 3. The first-order chi connectivity index (χ1) is 20.2. The fraction of sp³-hybridized carbons (Fsp3) is 0.290. The van der Waals surface area contributed by atoms with Gasteiger partial charge < -0.3 is 4.42 Å². The minimum absolute atomic E-state index is 0.0340. The largest absolute Gasteiger partial charge is 0.454 e. The standard InChI is InChI=1S/C31H31N2O/c1-17(2)23-15-25(33(7)16-19(23)4)26-18(3)10-11-20-21-12-13-24-27(29(21)34-28(20)26)22-9-8-14-32-30(22)31(24,5)6/h8-17H,1-7H3/q+1/i4D3,5D3,6D3,17D. The Kier molecular flexibility index (Phi) is 2.65. The Morgan fingerprint density at radius 2 is 1.79 bits per heavy atom. The first-order valence-corrected chi connectivity index (χ1v) is 11.2. The summed E-state index contributed by atoms with van der Waals surface area (Å²) in [6.45, 7) is -3.13. The first-order valence-electron chi connectivity index (χ1n) is 16.2. The van der Waals surface area contributed by atoms with Crippen LogP contribution in [0.25, 0.3) is 44.3 Å². The van der Waals surface area contributed by atoms with Gasteiger partial charge in [-0.05, 0) is 42.4 Å². The highest BCUT2D eigenvalue weighted by Gasteiger charge is 2.39. The van der Waals surface area contributed by atoms with Crippen molar-refractivity contribution in [2.45, 2.75) is 52.6 Å². The maximum atomic E-state index is 8.74. The molecule has 0 N–H and O–H groups in total. The molecule has 0 bridgehead atoms.